The fraction of sp³-hybridized carbons (Fsp3) is 0.471. The van der Waals surface area contributed by atoms with E-state index in [1.165, 1.54) is 25.4 Å². The van der Waals surface area contributed by atoms with Crippen LogP contribution < -0.4 is 4.74 Å². The van der Waals surface area contributed by atoms with Crippen LogP contribution in [0.15, 0.2) is 18.3 Å². The second-order valence-corrected chi connectivity index (χ2v) is 6.68. The number of rotatable bonds is 2. The molecule has 2 aromatic rings. The Morgan fingerprint density at radius 2 is 1.88 bits per heavy atom. The molecule has 0 fully saturated rings. The second-order valence-electron chi connectivity index (χ2n) is 6.68. The van der Waals surface area contributed by atoms with Crippen LogP contribution in [0.5, 0.6) is 5.75 Å². The summed E-state index contributed by atoms with van der Waals surface area (Å²) in [5.74, 6) is -0.100. The molecule has 1 aromatic heterocycles. The average molecular weight is 359 g/mol. The van der Waals surface area contributed by atoms with E-state index in [4.69, 9.17) is 9.47 Å². The highest BCUT2D eigenvalue weighted by Crippen LogP contribution is 2.42. The maximum absolute atomic E-state index is 13.1. The minimum Gasteiger partial charge on any atom is -0.496 e. The first-order valence-corrected chi connectivity index (χ1v) is 7.53. The Kier molecular flexibility index (Phi) is 4.78. The van der Waals surface area contributed by atoms with Crippen LogP contribution in [-0.2, 0) is 4.74 Å². The third kappa shape index (κ3) is 3.73. The Morgan fingerprint density at radius 1 is 1.28 bits per heavy atom. The number of fused-ring (bicyclic) bond motifs is 1. The number of ether oxygens (including phenoxy) is 2. The Labute approximate surface area is 142 Å². The van der Waals surface area contributed by atoms with Gasteiger partial charge < -0.3 is 14.6 Å². The summed E-state index contributed by atoms with van der Waals surface area (Å²) in [6.45, 7) is 6.69. The smallest absolute Gasteiger partial charge is 0.419 e. The number of halogens is 3. The number of aliphatic hydroxyl groups excluding tert-OH is 1. The molecular formula is C17H20F3NO4. The van der Waals surface area contributed by atoms with E-state index in [0.29, 0.717) is 5.56 Å². The van der Waals surface area contributed by atoms with E-state index < -0.39 is 29.5 Å². The number of aliphatic hydroxyl groups is 1. The van der Waals surface area contributed by atoms with Gasteiger partial charge in [-0.2, -0.15) is 13.2 Å². The van der Waals surface area contributed by atoms with Gasteiger partial charge in [0.05, 0.1) is 12.6 Å². The third-order valence-corrected chi connectivity index (χ3v) is 3.56. The largest absolute Gasteiger partial charge is 0.496 e. The van der Waals surface area contributed by atoms with Crippen LogP contribution in [0.3, 0.4) is 0 Å². The highest BCUT2D eigenvalue weighted by Gasteiger charge is 2.42. The lowest BCUT2D eigenvalue weighted by molar-refractivity contribution is -0.206. The van der Waals surface area contributed by atoms with Gasteiger partial charge in [-0.15, -0.1) is 0 Å². The summed E-state index contributed by atoms with van der Waals surface area (Å²) in [6.07, 6.45) is -7.01. The van der Waals surface area contributed by atoms with E-state index in [2.05, 4.69) is 0 Å². The average Bonchev–Trinajstić information content (AvgIpc) is 2.89. The Morgan fingerprint density at radius 3 is 2.36 bits per heavy atom. The van der Waals surface area contributed by atoms with Crippen LogP contribution in [0.1, 0.15) is 38.0 Å². The van der Waals surface area contributed by atoms with E-state index in [9.17, 15) is 23.1 Å². The number of aromatic nitrogens is 1. The van der Waals surface area contributed by atoms with Crippen molar-refractivity contribution in [3.05, 3.63) is 29.5 Å². The lowest BCUT2D eigenvalue weighted by Gasteiger charge is -2.21. The molecule has 1 heterocycles. The fourth-order valence-electron chi connectivity index (χ4n) is 2.61. The first-order chi connectivity index (χ1) is 11.4. The first-order valence-electron chi connectivity index (χ1n) is 7.53. The third-order valence-electron chi connectivity index (χ3n) is 3.56. The molecule has 0 radical (unpaired) electrons. The Balaban J connectivity index is 2.71. The monoisotopic (exact) mass is 359 g/mol. The Bertz CT molecular complexity index is 803. The van der Waals surface area contributed by atoms with Crippen molar-refractivity contribution in [2.24, 2.45) is 0 Å². The van der Waals surface area contributed by atoms with Crippen LogP contribution in [0.4, 0.5) is 18.0 Å². The first kappa shape index (κ1) is 19.1. The molecule has 0 aliphatic carbocycles. The summed E-state index contributed by atoms with van der Waals surface area (Å²) >= 11 is 0. The number of aryl methyl sites for hydroxylation is 1. The van der Waals surface area contributed by atoms with E-state index >= 15 is 0 Å². The summed E-state index contributed by atoms with van der Waals surface area (Å²) in [4.78, 5) is 12.3. The predicted octanol–water partition coefficient (Wildman–Crippen LogP) is 4.34. The van der Waals surface area contributed by atoms with Gasteiger partial charge in [-0.1, -0.05) is 0 Å². The Hall–Kier alpha value is -2.22. The highest BCUT2D eigenvalue weighted by molar-refractivity contribution is 5.95. The molecule has 8 heteroatoms. The van der Waals surface area contributed by atoms with E-state index in [-0.39, 0.29) is 16.7 Å². The van der Waals surface area contributed by atoms with Crippen LogP contribution in [-0.4, -0.2) is 34.7 Å². The van der Waals surface area contributed by atoms with Crippen LogP contribution in [0.25, 0.3) is 10.9 Å². The van der Waals surface area contributed by atoms with Crippen molar-refractivity contribution in [1.82, 2.24) is 4.57 Å². The molecule has 0 unspecified atom stereocenters. The van der Waals surface area contributed by atoms with Gasteiger partial charge in [0.15, 0.2) is 6.10 Å². The fourth-order valence-corrected chi connectivity index (χ4v) is 2.61. The molecule has 0 aliphatic heterocycles. The van der Waals surface area contributed by atoms with Gasteiger partial charge in [-0.25, -0.2) is 4.79 Å². The van der Waals surface area contributed by atoms with Gasteiger partial charge in [0.25, 0.3) is 0 Å². The van der Waals surface area contributed by atoms with Gasteiger partial charge in [0.2, 0.25) is 0 Å². The lowest BCUT2D eigenvalue weighted by Crippen LogP contribution is -2.27. The molecule has 25 heavy (non-hydrogen) atoms. The molecule has 0 saturated heterocycles. The molecule has 0 aliphatic rings. The number of carbonyl (C=O) groups excluding carboxylic acids is 1. The summed E-state index contributed by atoms with van der Waals surface area (Å²) in [5, 5.41) is 9.84. The van der Waals surface area contributed by atoms with E-state index in [0.717, 1.165) is 4.57 Å². The van der Waals surface area contributed by atoms with Crippen molar-refractivity contribution in [1.29, 1.82) is 0 Å². The van der Waals surface area contributed by atoms with Crippen molar-refractivity contribution in [3.8, 4) is 5.75 Å². The van der Waals surface area contributed by atoms with Crippen molar-refractivity contribution in [2.75, 3.05) is 7.11 Å². The van der Waals surface area contributed by atoms with Crippen LogP contribution >= 0.6 is 0 Å². The number of carbonyl (C=O) groups is 1. The molecule has 1 atom stereocenters. The normalized spacial score (nSPS) is 13.8. The lowest BCUT2D eigenvalue weighted by atomic mass is 10.00. The summed E-state index contributed by atoms with van der Waals surface area (Å²) in [5.41, 5.74) is -0.449. The van der Waals surface area contributed by atoms with Gasteiger partial charge >= 0.3 is 12.3 Å². The molecule has 5 nitrogen and oxygen atoms in total. The molecular weight excluding hydrogens is 339 g/mol. The maximum Gasteiger partial charge on any atom is 0.419 e. The SMILES string of the molecule is COc1cc(C)c2c(ccn2C(=O)OC(C)(C)C)c1[C@H](O)C(F)(F)F. The van der Waals surface area contributed by atoms with Gasteiger partial charge in [-0.3, -0.25) is 4.57 Å². The standard InChI is InChI=1S/C17H20F3NO4/c1-9-8-11(24-5)12(14(22)17(18,19)20)10-6-7-21(13(9)10)15(23)25-16(2,3)4/h6-8,14,22H,1-5H3/t14-/m0/s1. The van der Waals surface area contributed by atoms with Gasteiger partial charge in [-0.05, 0) is 45.4 Å². The molecule has 0 amide bonds. The van der Waals surface area contributed by atoms with Crippen molar-refractivity contribution in [3.63, 3.8) is 0 Å². The number of nitrogens with zero attached hydrogens (tertiary/aromatic N) is 1. The number of hydrogen-bond acceptors (Lipinski definition) is 4. The van der Waals surface area contributed by atoms with Crippen molar-refractivity contribution in [2.45, 2.75) is 45.6 Å². The van der Waals surface area contributed by atoms with E-state index in [1.54, 1.807) is 27.7 Å². The summed E-state index contributed by atoms with van der Waals surface area (Å²) < 4.78 is 50.6. The van der Waals surface area contributed by atoms with Crippen LogP contribution in [0.2, 0.25) is 0 Å². The number of hydrogen-bond donors (Lipinski definition) is 1. The van der Waals surface area contributed by atoms with Crippen molar-refractivity contribution < 1.29 is 32.5 Å². The van der Waals surface area contributed by atoms with Gasteiger partial charge in [0.1, 0.15) is 11.4 Å². The quantitative estimate of drug-likeness (QED) is 0.867. The molecule has 1 aromatic carbocycles. The zero-order valence-electron chi connectivity index (χ0n) is 14.6. The summed E-state index contributed by atoms with van der Waals surface area (Å²) in [6, 6.07) is 2.69. The number of methoxy groups -OCH3 is 1. The molecule has 0 spiro atoms. The predicted molar refractivity (Wildman–Crippen MR) is 85.9 cm³/mol. The molecule has 1 N–H and O–H groups in total. The second kappa shape index (κ2) is 6.25. The van der Waals surface area contributed by atoms with E-state index in [1.807, 2.05) is 0 Å². The maximum atomic E-state index is 13.1. The number of benzene rings is 1. The van der Waals surface area contributed by atoms with Gasteiger partial charge in [0, 0.05) is 17.1 Å². The van der Waals surface area contributed by atoms with Crippen molar-refractivity contribution >= 4 is 17.0 Å². The number of alkyl halides is 3. The molecule has 0 bridgehead atoms. The molecule has 2 rings (SSSR count). The minimum absolute atomic E-state index is 0.0764. The topological polar surface area (TPSA) is 60.7 Å². The summed E-state index contributed by atoms with van der Waals surface area (Å²) in [7, 11) is 1.22. The highest BCUT2D eigenvalue weighted by atomic mass is 19.4. The zero-order chi connectivity index (χ0) is 19.2. The molecule has 138 valence electrons. The minimum atomic E-state index is -4.87. The van der Waals surface area contributed by atoms with Crippen LogP contribution in [0, 0.1) is 6.92 Å². The molecule has 0 saturated carbocycles. The zero-order valence-corrected chi connectivity index (χ0v) is 14.6.